The first kappa shape index (κ1) is 15.9. The lowest BCUT2D eigenvalue weighted by Gasteiger charge is -2.34. The molecule has 6 atom stereocenters. The molecule has 4 fully saturated rings. The van der Waals surface area contributed by atoms with Crippen LogP contribution in [0, 0.1) is 35.5 Å². The van der Waals surface area contributed by atoms with Gasteiger partial charge in [-0.25, -0.2) is 0 Å². The highest BCUT2D eigenvalue weighted by Gasteiger charge is 2.49. The Morgan fingerprint density at radius 3 is 1.38 bits per heavy atom. The van der Waals surface area contributed by atoms with Gasteiger partial charge < -0.3 is 0 Å². The third-order valence-electron chi connectivity index (χ3n) is 6.86. The van der Waals surface area contributed by atoms with E-state index >= 15 is 0 Å². The quantitative estimate of drug-likeness (QED) is 0.720. The standard InChI is InChI=1S/C19H22O5/c20-15-7-17(22)13-5-9(1-3-11(13)15)19(24)10-2-4-12-14(6-10)18(23)8-16(12)21/h9-14H,1-8H2. The highest BCUT2D eigenvalue weighted by molar-refractivity contribution is 6.09. The molecule has 5 heteroatoms. The van der Waals surface area contributed by atoms with E-state index in [0.717, 1.165) is 0 Å². The molecule has 0 amide bonds. The monoisotopic (exact) mass is 330 g/mol. The molecular formula is C19H22O5. The number of Topliss-reactive ketones (excluding diaryl/α,β-unsaturated/α-hetero) is 5. The summed E-state index contributed by atoms with van der Waals surface area (Å²) in [4.78, 5) is 60.5. The number of fused-ring (bicyclic) bond motifs is 2. The number of carbonyl (C=O) groups is 5. The lowest BCUT2D eigenvalue weighted by Crippen LogP contribution is -2.37. The zero-order valence-electron chi connectivity index (χ0n) is 13.7. The average Bonchev–Trinajstić information content (AvgIpc) is 3.02. The first-order chi connectivity index (χ1) is 11.5. The molecule has 0 heterocycles. The second-order valence-corrected chi connectivity index (χ2v) is 8.07. The Morgan fingerprint density at radius 1 is 0.583 bits per heavy atom. The van der Waals surface area contributed by atoms with Crippen LogP contribution in [0.1, 0.15) is 51.4 Å². The summed E-state index contributed by atoms with van der Waals surface area (Å²) >= 11 is 0. The number of rotatable bonds is 2. The van der Waals surface area contributed by atoms with E-state index in [2.05, 4.69) is 0 Å². The maximum atomic E-state index is 12.9. The maximum Gasteiger partial charge on any atom is 0.144 e. The normalized spacial score (nSPS) is 42.2. The van der Waals surface area contributed by atoms with E-state index in [-0.39, 0.29) is 77.3 Å². The van der Waals surface area contributed by atoms with Gasteiger partial charge in [0.25, 0.3) is 0 Å². The van der Waals surface area contributed by atoms with Gasteiger partial charge in [0.1, 0.15) is 28.9 Å². The Bertz CT molecular complexity index is 594. The first-order valence-electron chi connectivity index (χ1n) is 9.10. The molecular weight excluding hydrogens is 308 g/mol. The Morgan fingerprint density at radius 2 is 0.958 bits per heavy atom. The van der Waals surface area contributed by atoms with E-state index in [1.807, 2.05) is 0 Å². The molecule has 0 aromatic carbocycles. The van der Waals surface area contributed by atoms with Crippen LogP contribution in [-0.4, -0.2) is 28.9 Å². The number of carbonyl (C=O) groups excluding carboxylic acids is 5. The van der Waals surface area contributed by atoms with Gasteiger partial charge in [0.05, 0.1) is 12.8 Å². The summed E-state index contributed by atoms with van der Waals surface area (Å²) < 4.78 is 0. The van der Waals surface area contributed by atoms with E-state index in [1.54, 1.807) is 0 Å². The lowest BCUT2D eigenvalue weighted by atomic mass is 9.67. The molecule has 24 heavy (non-hydrogen) atoms. The second-order valence-electron chi connectivity index (χ2n) is 8.07. The van der Waals surface area contributed by atoms with E-state index in [4.69, 9.17) is 0 Å². The molecule has 0 aliphatic heterocycles. The Kier molecular flexibility index (Phi) is 3.77. The van der Waals surface area contributed by atoms with Crippen molar-refractivity contribution in [2.24, 2.45) is 35.5 Å². The van der Waals surface area contributed by atoms with Crippen LogP contribution in [0.15, 0.2) is 0 Å². The zero-order valence-corrected chi connectivity index (χ0v) is 13.7. The minimum Gasteiger partial charge on any atom is -0.299 e. The fourth-order valence-electron chi connectivity index (χ4n) is 5.54. The van der Waals surface area contributed by atoms with E-state index in [9.17, 15) is 24.0 Å². The summed E-state index contributed by atoms with van der Waals surface area (Å²) in [6, 6.07) is 0. The highest BCUT2D eigenvalue weighted by atomic mass is 16.2. The maximum absolute atomic E-state index is 12.9. The van der Waals surface area contributed by atoms with Gasteiger partial charge in [0.2, 0.25) is 0 Å². The molecule has 5 nitrogen and oxygen atoms in total. The molecule has 0 N–H and O–H groups in total. The van der Waals surface area contributed by atoms with Gasteiger partial charge in [-0.3, -0.25) is 24.0 Å². The third-order valence-corrected chi connectivity index (χ3v) is 6.86. The van der Waals surface area contributed by atoms with Gasteiger partial charge in [-0.1, -0.05) is 0 Å². The van der Waals surface area contributed by atoms with E-state index in [1.165, 1.54) is 0 Å². The molecule has 4 rings (SSSR count). The average molecular weight is 330 g/mol. The predicted octanol–water partition coefficient (Wildman–Crippen LogP) is 1.70. The fraction of sp³-hybridized carbons (Fsp3) is 0.737. The van der Waals surface area contributed by atoms with Gasteiger partial charge in [-0.15, -0.1) is 0 Å². The van der Waals surface area contributed by atoms with Gasteiger partial charge in [-0.2, -0.15) is 0 Å². The smallest absolute Gasteiger partial charge is 0.144 e. The van der Waals surface area contributed by atoms with Gasteiger partial charge >= 0.3 is 0 Å². The first-order valence-corrected chi connectivity index (χ1v) is 9.10. The summed E-state index contributed by atoms with van der Waals surface area (Å²) in [5.74, 6) is -0.894. The molecule has 0 spiro atoms. The second kappa shape index (κ2) is 5.71. The van der Waals surface area contributed by atoms with Gasteiger partial charge in [0, 0.05) is 35.5 Å². The van der Waals surface area contributed by atoms with Crippen LogP contribution in [-0.2, 0) is 24.0 Å². The van der Waals surface area contributed by atoms with Gasteiger partial charge in [0.15, 0.2) is 0 Å². The van der Waals surface area contributed by atoms with Crippen molar-refractivity contribution in [3.63, 3.8) is 0 Å². The summed E-state index contributed by atoms with van der Waals surface area (Å²) in [5, 5.41) is 0. The van der Waals surface area contributed by atoms with Crippen molar-refractivity contribution in [3.05, 3.63) is 0 Å². The van der Waals surface area contributed by atoms with Crippen molar-refractivity contribution in [1.29, 1.82) is 0 Å². The molecule has 0 radical (unpaired) electrons. The fourth-order valence-corrected chi connectivity index (χ4v) is 5.54. The van der Waals surface area contributed by atoms with Crippen LogP contribution in [0.3, 0.4) is 0 Å². The van der Waals surface area contributed by atoms with Crippen LogP contribution in [0.4, 0.5) is 0 Å². The number of hydrogen-bond donors (Lipinski definition) is 0. The van der Waals surface area contributed by atoms with Crippen molar-refractivity contribution in [2.75, 3.05) is 0 Å². The Labute approximate surface area is 140 Å². The van der Waals surface area contributed by atoms with E-state index in [0.29, 0.717) is 38.5 Å². The van der Waals surface area contributed by atoms with Gasteiger partial charge in [-0.05, 0) is 38.5 Å². The topological polar surface area (TPSA) is 85.3 Å². The summed E-state index contributed by atoms with van der Waals surface area (Å²) in [6.45, 7) is 0. The summed E-state index contributed by atoms with van der Waals surface area (Å²) in [6.07, 6.45) is 3.73. The highest BCUT2D eigenvalue weighted by Crippen LogP contribution is 2.45. The van der Waals surface area contributed by atoms with Crippen molar-refractivity contribution in [3.8, 4) is 0 Å². The predicted molar refractivity (Wildman–Crippen MR) is 82.9 cm³/mol. The molecule has 4 saturated carbocycles. The Balaban J connectivity index is 1.43. The number of ketones is 5. The molecule has 4 aliphatic carbocycles. The molecule has 0 saturated heterocycles. The molecule has 0 aromatic heterocycles. The van der Waals surface area contributed by atoms with Crippen molar-refractivity contribution >= 4 is 28.9 Å². The van der Waals surface area contributed by atoms with Crippen LogP contribution in [0.25, 0.3) is 0 Å². The molecule has 4 aliphatic rings. The molecule has 0 aromatic rings. The third kappa shape index (κ3) is 2.40. The molecule has 6 unspecified atom stereocenters. The largest absolute Gasteiger partial charge is 0.299 e. The van der Waals surface area contributed by atoms with Crippen molar-refractivity contribution < 1.29 is 24.0 Å². The number of hydrogen-bond acceptors (Lipinski definition) is 5. The Hall–Kier alpha value is -1.65. The minimum atomic E-state index is -0.258. The summed E-state index contributed by atoms with van der Waals surface area (Å²) in [5.41, 5.74) is 0. The van der Waals surface area contributed by atoms with Crippen LogP contribution in [0.5, 0.6) is 0 Å². The lowest BCUT2D eigenvalue weighted by molar-refractivity contribution is -0.134. The zero-order chi connectivity index (χ0) is 17.0. The van der Waals surface area contributed by atoms with Crippen LogP contribution < -0.4 is 0 Å². The molecule has 128 valence electrons. The van der Waals surface area contributed by atoms with Crippen LogP contribution in [0.2, 0.25) is 0 Å². The van der Waals surface area contributed by atoms with E-state index < -0.39 is 0 Å². The van der Waals surface area contributed by atoms with Crippen molar-refractivity contribution in [2.45, 2.75) is 51.4 Å². The SMILES string of the molecule is O=C(C1CCC2C(=O)CC(=O)C2C1)C1CCC2C(=O)CC(=O)C2C1. The summed E-state index contributed by atoms with van der Waals surface area (Å²) in [7, 11) is 0. The molecule has 0 bridgehead atoms. The van der Waals surface area contributed by atoms with Crippen molar-refractivity contribution in [1.82, 2.24) is 0 Å². The minimum absolute atomic E-state index is 0.00257. The van der Waals surface area contributed by atoms with Crippen LogP contribution >= 0.6 is 0 Å².